The number of benzene rings is 2. The monoisotopic (exact) mass is 478 g/mol. The van der Waals surface area contributed by atoms with Crippen LogP contribution in [0.5, 0.6) is 0 Å². The van der Waals surface area contributed by atoms with E-state index in [0.717, 1.165) is 11.6 Å². The Morgan fingerprint density at radius 3 is 2.27 bits per heavy atom. The average molecular weight is 479 g/mol. The SMILES string of the molecule is CC(C)(C)n1nnnc1[C@H](c1ccccc1Cl)N1CCN(c2cccc(C(F)(F)F)c2)CC1. The number of tetrazole rings is 1. The van der Waals surface area contributed by atoms with Gasteiger partial charge in [0.05, 0.1) is 17.1 Å². The van der Waals surface area contributed by atoms with Crippen LogP contribution in [0, 0.1) is 0 Å². The number of aromatic nitrogens is 4. The molecule has 0 amide bonds. The lowest BCUT2D eigenvalue weighted by atomic mass is 10.0. The minimum atomic E-state index is -4.36. The highest BCUT2D eigenvalue weighted by Crippen LogP contribution is 2.36. The van der Waals surface area contributed by atoms with Crippen molar-refractivity contribution < 1.29 is 13.2 Å². The molecule has 4 rings (SSSR count). The summed E-state index contributed by atoms with van der Waals surface area (Å²) in [6.07, 6.45) is -4.36. The summed E-state index contributed by atoms with van der Waals surface area (Å²) in [5.74, 6) is 0.683. The Hall–Kier alpha value is -2.65. The van der Waals surface area contributed by atoms with Gasteiger partial charge in [0, 0.05) is 36.9 Å². The van der Waals surface area contributed by atoms with E-state index in [0.29, 0.717) is 42.7 Å². The van der Waals surface area contributed by atoms with Crippen molar-refractivity contribution >= 4 is 17.3 Å². The molecule has 2 heterocycles. The second kappa shape index (κ2) is 8.95. The van der Waals surface area contributed by atoms with Crippen LogP contribution in [0.3, 0.4) is 0 Å². The van der Waals surface area contributed by atoms with E-state index in [9.17, 15) is 13.2 Å². The summed E-state index contributed by atoms with van der Waals surface area (Å²) >= 11 is 6.58. The van der Waals surface area contributed by atoms with Crippen molar-refractivity contribution in [3.05, 3.63) is 70.5 Å². The zero-order chi connectivity index (χ0) is 23.8. The quantitative estimate of drug-likeness (QED) is 0.527. The van der Waals surface area contributed by atoms with Crippen LogP contribution >= 0.6 is 11.6 Å². The molecule has 0 aliphatic carbocycles. The first-order valence-electron chi connectivity index (χ1n) is 10.7. The Labute approximate surface area is 195 Å². The third kappa shape index (κ3) is 4.99. The molecule has 1 aliphatic heterocycles. The Bertz CT molecular complexity index is 1100. The van der Waals surface area contributed by atoms with E-state index in [1.165, 1.54) is 12.1 Å². The summed E-state index contributed by atoms with van der Waals surface area (Å²) in [6, 6.07) is 12.8. The zero-order valence-electron chi connectivity index (χ0n) is 18.7. The number of piperazine rings is 1. The van der Waals surface area contributed by atoms with Gasteiger partial charge in [0.25, 0.3) is 0 Å². The maximum absolute atomic E-state index is 13.2. The van der Waals surface area contributed by atoms with Gasteiger partial charge in [0.1, 0.15) is 0 Å². The van der Waals surface area contributed by atoms with Crippen molar-refractivity contribution in [3.8, 4) is 0 Å². The normalized spacial score (nSPS) is 16.8. The maximum Gasteiger partial charge on any atom is 0.416 e. The molecule has 1 saturated heterocycles. The lowest BCUT2D eigenvalue weighted by Crippen LogP contribution is -2.49. The second-order valence-corrected chi connectivity index (χ2v) is 9.52. The van der Waals surface area contributed by atoms with Crippen molar-refractivity contribution in [2.24, 2.45) is 0 Å². The molecule has 176 valence electrons. The molecular weight excluding hydrogens is 453 g/mol. The van der Waals surface area contributed by atoms with E-state index < -0.39 is 11.7 Å². The van der Waals surface area contributed by atoms with Gasteiger partial charge in [0.15, 0.2) is 5.82 Å². The lowest BCUT2D eigenvalue weighted by Gasteiger charge is -2.40. The van der Waals surface area contributed by atoms with Gasteiger partial charge in [0.2, 0.25) is 0 Å². The van der Waals surface area contributed by atoms with Crippen molar-refractivity contribution in [3.63, 3.8) is 0 Å². The number of anilines is 1. The van der Waals surface area contributed by atoms with Crippen LogP contribution in [0.15, 0.2) is 48.5 Å². The van der Waals surface area contributed by atoms with Crippen LogP contribution in [-0.2, 0) is 11.7 Å². The Balaban J connectivity index is 1.62. The fourth-order valence-electron chi connectivity index (χ4n) is 4.16. The average Bonchev–Trinajstić information content (AvgIpc) is 3.25. The summed E-state index contributed by atoms with van der Waals surface area (Å²) < 4.78 is 41.3. The number of nitrogens with zero attached hydrogens (tertiary/aromatic N) is 6. The van der Waals surface area contributed by atoms with Gasteiger partial charge < -0.3 is 4.90 Å². The molecule has 0 bridgehead atoms. The standard InChI is InChI=1S/C23H26ClF3N6/c1-22(2,3)33-21(28-29-30-33)20(18-9-4-5-10-19(18)24)32-13-11-31(12-14-32)17-8-6-7-16(15-17)23(25,26)27/h4-10,15,20H,11-14H2,1-3H3/t20-/m0/s1. The summed E-state index contributed by atoms with van der Waals surface area (Å²) in [5.41, 5.74) is 0.490. The molecule has 6 nitrogen and oxygen atoms in total. The number of halogens is 4. The highest BCUT2D eigenvalue weighted by Gasteiger charge is 2.35. The first-order chi connectivity index (χ1) is 15.6. The van der Waals surface area contributed by atoms with E-state index in [1.54, 1.807) is 10.7 Å². The molecule has 2 aromatic carbocycles. The molecule has 0 saturated carbocycles. The second-order valence-electron chi connectivity index (χ2n) is 9.11. The molecule has 1 aliphatic rings. The first kappa shape index (κ1) is 23.5. The fourth-order valence-corrected chi connectivity index (χ4v) is 4.39. The smallest absolute Gasteiger partial charge is 0.369 e. The highest BCUT2D eigenvalue weighted by atomic mass is 35.5. The van der Waals surface area contributed by atoms with Crippen molar-refractivity contribution in [2.45, 2.75) is 38.5 Å². The molecule has 0 unspecified atom stereocenters. The van der Waals surface area contributed by atoms with Crippen LogP contribution in [0.2, 0.25) is 5.02 Å². The minimum absolute atomic E-state index is 0.281. The van der Waals surface area contributed by atoms with Gasteiger partial charge in [-0.1, -0.05) is 35.9 Å². The van der Waals surface area contributed by atoms with E-state index in [1.807, 2.05) is 49.9 Å². The summed E-state index contributed by atoms with van der Waals surface area (Å²) in [5, 5.41) is 13.1. The molecule has 3 aromatic rings. The number of hydrogen-bond acceptors (Lipinski definition) is 5. The van der Waals surface area contributed by atoms with Gasteiger partial charge in [-0.25, -0.2) is 4.68 Å². The topological polar surface area (TPSA) is 50.1 Å². The van der Waals surface area contributed by atoms with Gasteiger partial charge in [-0.05, 0) is 61.0 Å². The van der Waals surface area contributed by atoms with Crippen LogP contribution < -0.4 is 4.90 Å². The predicted octanol–water partition coefficient (Wildman–Crippen LogP) is 5.01. The zero-order valence-corrected chi connectivity index (χ0v) is 19.5. The van der Waals surface area contributed by atoms with Crippen molar-refractivity contribution in [1.82, 2.24) is 25.1 Å². The Morgan fingerprint density at radius 2 is 1.64 bits per heavy atom. The first-order valence-corrected chi connectivity index (χ1v) is 11.1. The number of rotatable bonds is 4. The van der Waals surface area contributed by atoms with E-state index in [-0.39, 0.29) is 11.6 Å². The van der Waals surface area contributed by atoms with Crippen LogP contribution in [0.1, 0.15) is 43.8 Å². The number of alkyl halides is 3. The molecule has 1 fully saturated rings. The van der Waals surface area contributed by atoms with Crippen molar-refractivity contribution in [1.29, 1.82) is 0 Å². The van der Waals surface area contributed by atoms with Crippen LogP contribution in [0.4, 0.5) is 18.9 Å². The number of hydrogen-bond donors (Lipinski definition) is 0. The molecule has 0 spiro atoms. The van der Waals surface area contributed by atoms with Gasteiger partial charge in [-0.15, -0.1) is 5.10 Å². The largest absolute Gasteiger partial charge is 0.416 e. The molecule has 33 heavy (non-hydrogen) atoms. The van der Waals surface area contributed by atoms with Crippen molar-refractivity contribution in [2.75, 3.05) is 31.1 Å². The minimum Gasteiger partial charge on any atom is -0.369 e. The molecule has 0 N–H and O–H groups in total. The van der Waals surface area contributed by atoms with E-state index in [2.05, 4.69) is 20.4 Å². The van der Waals surface area contributed by atoms with E-state index >= 15 is 0 Å². The van der Waals surface area contributed by atoms with Gasteiger partial charge in [-0.3, -0.25) is 4.90 Å². The third-order valence-electron chi connectivity index (χ3n) is 5.79. The molecule has 0 radical (unpaired) electrons. The van der Waals surface area contributed by atoms with E-state index in [4.69, 9.17) is 11.6 Å². The van der Waals surface area contributed by atoms with Gasteiger partial charge >= 0.3 is 6.18 Å². The predicted molar refractivity (Wildman–Crippen MR) is 121 cm³/mol. The third-order valence-corrected chi connectivity index (χ3v) is 6.14. The molecule has 10 heteroatoms. The van der Waals surface area contributed by atoms with Gasteiger partial charge in [-0.2, -0.15) is 13.2 Å². The molecule has 1 atom stereocenters. The Kier molecular flexibility index (Phi) is 6.37. The summed E-state index contributed by atoms with van der Waals surface area (Å²) in [7, 11) is 0. The molecular formula is C23H26ClF3N6. The Morgan fingerprint density at radius 1 is 0.939 bits per heavy atom. The van der Waals surface area contributed by atoms with Crippen LogP contribution in [0.25, 0.3) is 0 Å². The molecule has 1 aromatic heterocycles. The lowest BCUT2D eigenvalue weighted by molar-refractivity contribution is -0.137. The highest BCUT2D eigenvalue weighted by molar-refractivity contribution is 6.31. The maximum atomic E-state index is 13.2. The fraction of sp³-hybridized carbons (Fsp3) is 0.435. The summed E-state index contributed by atoms with van der Waals surface area (Å²) in [6.45, 7) is 8.46. The summed E-state index contributed by atoms with van der Waals surface area (Å²) in [4.78, 5) is 4.21. The van der Waals surface area contributed by atoms with Crippen LogP contribution in [-0.4, -0.2) is 51.3 Å².